The number of benzene rings is 1. The van der Waals surface area contributed by atoms with Crippen molar-refractivity contribution < 1.29 is 4.74 Å². The van der Waals surface area contributed by atoms with E-state index in [4.69, 9.17) is 4.74 Å². The van der Waals surface area contributed by atoms with Crippen LogP contribution in [0.1, 0.15) is 6.92 Å². The Morgan fingerprint density at radius 3 is 2.84 bits per heavy atom. The number of nitrogens with zero attached hydrogens (tertiary/aromatic N) is 2. The van der Waals surface area contributed by atoms with Gasteiger partial charge < -0.3 is 19.9 Å². The molecule has 0 spiro atoms. The number of nitrogens with one attached hydrogen (secondary N) is 1. The minimum Gasteiger partial charge on any atom is -0.491 e. The predicted octanol–water partition coefficient (Wildman–Crippen LogP) is 1.56. The van der Waals surface area contributed by atoms with Crippen molar-refractivity contribution in [2.24, 2.45) is 5.92 Å². The van der Waals surface area contributed by atoms with E-state index in [2.05, 4.69) is 47.3 Å². The molecule has 0 amide bonds. The molecule has 4 nitrogen and oxygen atoms in total. The molecule has 0 saturated carbocycles. The third-order valence-corrected chi connectivity index (χ3v) is 3.94. The fourth-order valence-electron chi connectivity index (χ4n) is 2.90. The van der Waals surface area contributed by atoms with Gasteiger partial charge in [-0.15, -0.1) is 0 Å². The van der Waals surface area contributed by atoms with Crippen LogP contribution in [0.4, 0.5) is 11.4 Å². The lowest BCUT2D eigenvalue weighted by Crippen LogP contribution is -2.43. The van der Waals surface area contributed by atoms with Gasteiger partial charge in [0.25, 0.3) is 0 Å². The highest BCUT2D eigenvalue weighted by molar-refractivity contribution is 5.67. The summed E-state index contributed by atoms with van der Waals surface area (Å²) >= 11 is 0. The second-order valence-electron chi connectivity index (χ2n) is 5.69. The number of piperazine rings is 1. The molecule has 2 aliphatic heterocycles. The molecule has 19 heavy (non-hydrogen) atoms. The van der Waals surface area contributed by atoms with Crippen LogP contribution < -0.4 is 19.9 Å². The molecular weight excluding hydrogens is 238 g/mol. The van der Waals surface area contributed by atoms with Crippen LogP contribution in [-0.2, 0) is 0 Å². The number of hydrogen-bond acceptors (Lipinski definition) is 4. The molecule has 1 atom stereocenters. The standard InChI is InChI=1S/C15H23N3O/c1-12-10-17(2)14-9-13(3-4-15(14)19-11-12)18-7-5-16-6-8-18/h3-4,9,12,16H,5-8,10-11H2,1-2H3. The van der Waals surface area contributed by atoms with Gasteiger partial charge in [-0.25, -0.2) is 0 Å². The van der Waals surface area contributed by atoms with Crippen molar-refractivity contribution in [1.29, 1.82) is 0 Å². The second-order valence-corrected chi connectivity index (χ2v) is 5.69. The lowest BCUT2D eigenvalue weighted by atomic mass is 10.2. The molecule has 1 aromatic rings. The third kappa shape index (κ3) is 2.63. The smallest absolute Gasteiger partial charge is 0.142 e. The number of fused-ring (bicyclic) bond motifs is 1. The summed E-state index contributed by atoms with van der Waals surface area (Å²) in [6.07, 6.45) is 0. The quantitative estimate of drug-likeness (QED) is 0.830. The normalized spacial score (nSPS) is 23.6. The SMILES string of the molecule is CC1COc2ccc(N3CCNCC3)cc2N(C)C1. The Kier molecular flexibility index (Phi) is 3.51. The molecule has 104 valence electrons. The predicted molar refractivity (Wildman–Crippen MR) is 79.5 cm³/mol. The second kappa shape index (κ2) is 5.29. The summed E-state index contributed by atoms with van der Waals surface area (Å²) in [5.41, 5.74) is 2.53. The Morgan fingerprint density at radius 2 is 2.05 bits per heavy atom. The molecular formula is C15H23N3O. The molecule has 1 N–H and O–H groups in total. The first-order valence-electron chi connectivity index (χ1n) is 7.17. The Morgan fingerprint density at radius 1 is 1.26 bits per heavy atom. The van der Waals surface area contributed by atoms with Gasteiger partial charge in [0.05, 0.1) is 12.3 Å². The molecule has 1 saturated heterocycles. The van der Waals surface area contributed by atoms with E-state index < -0.39 is 0 Å². The first-order chi connectivity index (χ1) is 9.24. The van der Waals surface area contributed by atoms with Crippen molar-refractivity contribution in [3.05, 3.63) is 18.2 Å². The van der Waals surface area contributed by atoms with E-state index in [1.807, 2.05) is 0 Å². The van der Waals surface area contributed by atoms with Crippen LogP contribution in [-0.4, -0.2) is 46.4 Å². The topological polar surface area (TPSA) is 27.7 Å². The minimum absolute atomic E-state index is 0.569. The van der Waals surface area contributed by atoms with E-state index in [9.17, 15) is 0 Å². The molecule has 4 heteroatoms. The van der Waals surface area contributed by atoms with Crippen LogP contribution in [0, 0.1) is 5.92 Å². The van der Waals surface area contributed by atoms with Crippen LogP contribution >= 0.6 is 0 Å². The molecule has 0 bridgehead atoms. The minimum atomic E-state index is 0.569. The highest BCUT2D eigenvalue weighted by atomic mass is 16.5. The van der Waals surface area contributed by atoms with Gasteiger partial charge >= 0.3 is 0 Å². The number of hydrogen-bond donors (Lipinski definition) is 1. The lowest BCUT2D eigenvalue weighted by molar-refractivity contribution is 0.274. The van der Waals surface area contributed by atoms with E-state index in [0.717, 1.165) is 45.1 Å². The summed E-state index contributed by atoms with van der Waals surface area (Å²) in [7, 11) is 2.16. The van der Waals surface area contributed by atoms with Crippen molar-refractivity contribution in [2.45, 2.75) is 6.92 Å². The zero-order valence-corrected chi connectivity index (χ0v) is 11.9. The van der Waals surface area contributed by atoms with Crippen LogP contribution in [0.3, 0.4) is 0 Å². The molecule has 1 unspecified atom stereocenters. The van der Waals surface area contributed by atoms with Gasteiger partial charge in [0.15, 0.2) is 0 Å². The van der Waals surface area contributed by atoms with Crippen LogP contribution in [0.15, 0.2) is 18.2 Å². The van der Waals surface area contributed by atoms with Gasteiger partial charge in [-0.2, -0.15) is 0 Å². The van der Waals surface area contributed by atoms with Gasteiger partial charge in [-0.1, -0.05) is 6.92 Å². The lowest BCUT2D eigenvalue weighted by Gasteiger charge is -2.30. The fourth-order valence-corrected chi connectivity index (χ4v) is 2.90. The van der Waals surface area contributed by atoms with E-state index in [1.54, 1.807) is 0 Å². The van der Waals surface area contributed by atoms with Crippen molar-refractivity contribution in [1.82, 2.24) is 5.32 Å². The number of anilines is 2. The Bertz CT molecular complexity index is 443. The van der Waals surface area contributed by atoms with Gasteiger partial charge in [0.2, 0.25) is 0 Å². The summed E-state index contributed by atoms with van der Waals surface area (Å²) in [6, 6.07) is 6.59. The molecule has 0 radical (unpaired) electrons. The zero-order valence-electron chi connectivity index (χ0n) is 11.9. The monoisotopic (exact) mass is 261 g/mol. The molecule has 2 heterocycles. The van der Waals surface area contributed by atoms with Crippen molar-refractivity contribution in [2.75, 3.05) is 56.2 Å². The maximum Gasteiger partial charge on any atom is 0.142 e. The molecule has 1 fully saturated rings. The van der Waals surface area contributed by atoms with Gasteiger partial charge in [0, 0.05) is 51.4 Å². The molecule has 0 aromatic heterocycles. The maximum atomic E-state index is 5.90. The fraction of sp³-hybridized carbons (Fsp3) is 0.600. The van der Waals surface area contributed by atoms with Crippen molar-refractivity contribution >= 4 is 11.4 Å². The van der Waals surface area contributed by atoms with E-state index in [0.29, 0.717) is 5.92 Å². The molecule has 2 aliphatic rings. The first-order valence-corrected chi connectivity index (χ1v) is 7.17. The number of rotatable bonds is 1. The summed E-state index contributed by atoms with van der Waals surface area (Å²) in [4.78, 5) is 4.76. The third-order valence-electron chi connectivity index (χ3n) is 3.94. The largest absolute Gasteiger partial charge is 0.491 e. The van der Waals surface area contributed by atoms with Crippen LogP contribution in [0.5, 0.6) is 5.75 Å². The van der Waals surface area contributed by atoms with E-state index in [-0.39, 0.29) is 0 Å². The van der Waals surface area contributed by atoms with E-state index >= 15 is 0 Å². The van der Waals surface area contributed by atoms with Gasteiger partial charge in [-0.3, -0.25) is 0 Å². The van der Waals surface area contributed by atoms with Crippen LogP contribution in [0.25, 0.3) is 0 Å². The first kappa shape index (κ1) is 12.6. The average Bonchev–Trinajstić information content (AvgIpc) is 2.59. The summed E-state index contributed by atoms with van der Waals surface area (Å²) < 4.78 is 5.90. The highest BCUT2D eigenvalue weighted by Gasteiger charge is 2.19. The van der Waals surface area contributed by atoms with Gasteiger partial charge in [-0.05, 0) is 18.2 Å². The van der Waals surface area contributed by atoms with Crippen LogP contribution in [0.2, 0.25) is 0 Å². The zero-order chi connectivity index (χ0) is 13.2. The summed E-state index contributed by atoms with van der Waals surface area (Å²) in [5, 5.41) is 3.39. The van der Waals surface area contributed by atoms with E-state index in [1.165, 1.54) is 11.4 Å². The molecule has 0 aliphatic carbocycles. The molecule has 3 rings (SSSR count). The maximum absolute atomic E-state index is 5.90. The Labute approximate surface area is 115 Å². The van der Waals surface area contributed by atoms with Crippen molar-refractivity contribution in [3.63, 3.8) is 0 Å². The summed E-state index contributed by atoms with van der Waals surface area (Å²) in [5.74, 6) is 1.59. The molecule has 1 aromatic carbocycles. The Hall–Kier alpha value is -1.42. The Balaban J connectivity index is 1.87. The summed E-state index contributed by atoms with van der Waals surface area (Å²) in [6.45, 7) is 8.41. The van der Waals surface area contributed by atoms with Crippen molar-refractivity contribution in [3.8, 4) is 5.75 Å². The average molecular weight is 261 g/mol. The number of ether oxygens (including phenoxy) is 1. The highest BCUT2D eigenvalue weighted by Crippen LogP contribution is 2.34. The van der Waals surface area contributed by atoms with Gasteiger partial charge in [0.1, 0.15) is 5.75 Å².